The maximum atomic E-state index is 13.6. The molecule has 0 unspecified atom stereocenters. The van der Waals surface area contributed by atoms with Crippen molar-refractivity contribution in [1.82, 2.24) is 5.32 Å². The summed E-state index contributed by atoms with van der Waals surface area (Å²) in [4.78, 5) is 19.1. The maximum Gasteiger partial charge on any atom is 0.413 e. The van der Waals surface area contributed by atoms with Crippen molar-refractivity contribution in [2.45, 2.75) is 82.6 Å². The zero-order chi connectivity index (χ0) is 21.7. The molecule has 6 nitrogen and oxygen atoms in total. The van der Waals surface area contributed by atoms with Gasteiger partial charge in [0.25, 0.3) is 0 Å². The molecule has 1 amide bonds. The molecular weight excluding hydrogens is 432 g/mol. The SMILES string of the molecule is Cc1cc(Cl)c([C@]2(C)CS(=O)(=O)C3(CCCCC3)C(NC(=O)OC(C)(C)C)=N2)s1. The largest absolute Gasteiger partial charge is 0.444 e. The average Bonchev–Trinajstić information content (AvgIpc) is 2.91. The highest BCUT2D eigenvalue weighted by Gasteiger charge is 2.56. The van der Waals surface area contributed by atoms with Gasteiger partial charge in [-0.25, -0.2) is 13.2 Å². The van der Waals surface area contributed by atoms with Crippen LogP contribution in [0.15, 0.2) is 11.1 Å². The van der Waals surface area contributed by atoms with Crippen LogP contribution in [0.2, 0.25) is 5.02 Å². The highest BCUT2D eigenvalue weighted by atomic mass is 35.5. The van der Waals surface area contributed by atoms with E-state index in [1.165, 1.54) is 11.3 Å². The Balaban J connectivity index is 2.12. The molecule has 1 aromatic heterocycles. The molecule has 1 aliphatic carbocycles. The number of sulfone groups is 1. The molecule has 1 spiro atoms. The molecule has 0 bridgehead atoms. The monoisotopic (exact) mass is 460 g/mol. The number of nitrogens with zero attached hydrogens (tertiary/aromatic N) is 1. The zero-order valence-electron chi connectivity index (χ0n) is 17.6. The number of rotatable bonds is 1. The number of nitrogens with one attached hydrogen (secondary N) is 1. The van der Waals surface area contributed by atoms with Gasteiger partial charge in [0.1, 0.15) is 21.7 Å². The third kappa shape index (κ3) is 4.35. The standard InChI is InChI=1S/C20H29ClN2O4S2/c1-13-11-14(21)15(28-13)19(5)12-29(25,26)20(9-7-6-8-10-20)16(23-19)22-17(24)27-18(2,3)4/h11H,6-10,12H2,1-5H3,(H,22,23,24)/t19-/m0/s1. The van der Waals surface area contributed by atoms with Crippen molar-refractivity contribution in [2.24, 2.45) is 4.99 Å². The van der Waals surface area contributed by atoms with Gasteiger partial charge < -0.3 is 4.74 Å². The minimum atomic E-state index is -3.60. The highest BCUT2D eigenvalue weighted by molar-refractivity contribution is 7.93. The van der Waals surface area contributed by atoms with Gasteiger partial charge in [-0.1, -0.05) is 30.9 Å². The van der Waals surface area contributed by atoms with E-state index in [4.69, 9.17) is 21.3 Å². The van der Waals surface area contributed by atoms with Gasteiger partial charge in [-0.05, 0) is 53.5 Å². The van der Waals surface area contributed by atoms with E-state index in [2.05, 4.69) is 5.32 Å². The number of aryl methyl sites for hydroxylation is 1. The molecule has 2 aliphatic rings. The molecule has 1 fully saturated rings. The number of carbonyl (C=O) groups is 1. The van der Waals surface area contributed by atoms with E-state index in [1.807, 2.05) is 13.0 Å². The van der Waals surface area contributed by atoms with Crippen LogP contribution >= 0.6 is 22.9 Å². The summed E-state index contributed by atoms with van der Waals surface area (Å²) in [5.41, 5.74) is -1.75. The van der Waals surface area contributed by atoms with Crippen molar-refractivity contribution in [3.05, 3.63) is 20.8 Å². The number of carbonyl (C=O) groups excluding carboxylic acids is 1. The van der Waals surface area contributed by atoms with Gasteiger partial charge in [0.2, 0.25) is 0 Å². The summed E-state index contributed by atoms with van der Waals surface area (Å²) in [6.45, 7) is 8.99. The summed E-state index contributed by atoms with van der Waals surface area (Å²) in [5, 5.41) is 3.22. The fourth-order valence-electron chi connectivity index (χ4n) is 4.22. The number of hydrogen-bond acceptors (Lipinski definition) is 6. The van der Waals surface area contributed by atoms with Crippen molar-refractivity contribution in [3.63, 3.8) is 0 Å². The first-order valence-electron chi connectivity index (χ1n) is 9.87. The van der Waals surface area contributed by atoms with Crippen molar-refractivity contribution < 1.29 is 17.9 Å². The van der Waals surface area contributed by atoms with Gasteiger partial charge in [-0.15, -0.1) is 11.3 Å². The first-order valence-corrected chi connectivity index (χ1v) is 12.7. The summed E-state index contributed by atoms with van der Waals surface area (Å²) >= 11 is 7.85. The number of halogens is 1. The second-order valence-electron chi connectivity index (χ2n) is 9.21. The van der Waals surface area contributed by atoms with E-state index >= 15 is 0 Å². The average molecular weight is 461 g/mol. The Morgan fingerprint density at radius 3 is 2.41 bits per heavy atom. The van der Waals surface area contributed by atoms with Crippen LogP contribution in [0.4, 0.5) is 4.79 Å². The van der Waals surface area contributed by atoms with Gasteiger partial charge in [0.05, 0.1) is 15.7 Å². The van der Waals surface area contributed by atoms with Gasteiger partial charge >= 0.3 is 6.09 Å². The topological polar surface area (TPSA) is 84.8 Å². The highest BCUT2D eigenvalue weighted by Crippen LogP contribution is 2.47. The Labute approximate surface area is 182 Å². The molecule has 162 valence electrons. The number of amidine groups is 1. The second kappa shape index (κ2) is 7.54. The lowest BCUT2D eigenvalue weighted by Gasteiger charge is -2.44. The lowest BCUT2D eigenvalue weighted by Crippen LogP contribution is -2.61. The molecular formula is C20H29ClN2O4S2. The molecule has 0 aromatic carbocycles. The Morgan fingerprint density at radius 2 is 1.90 bits per heavy atom. The van der Waals surface area contributed by atoms with Crippen molar-refractivity contribution in [3.8, 4) is 0 Å². The molecule has 2 heterocycles. The Morgan fingerprint density at radius 1 is 1.28 bits per heavy atom. The summed E-state index contributed by atoms with van der Waals surface area (Å²) in [5.74, 6) is 0.0708. The number of amides is 1. The summed E-state index contributed by atoms with van der Waals surface area (Å²) < 4.78 is 31.5. The minimum Gasteiger partial charge on any atom is -0.444 e. The first kappa shape index (κ1) is 22.6. The van der Waals surface area contributed by atoms with Gasteiger partial charge in [-0.3, -0.25) is 10.3 Å². The third-order valence-corrected chi connectivity index (χ3v) is 9.88. The van der Waals surface area contributed by atoms with Crippen molar-refractivity contribution in [1.29, 1.82) is 0 Å². The third-order valence-electron chi connectivity index (χ3n) is 5.44. The van der Waals surface area contributed by atoms with Crippen LogP contribution in [-0.4, -0.2) is 36.4 Å². The Hall–Kier alpha value is -1.12. The predicted molar refractivity (Wildman–Crippen MR) is 118 cm³/mol. The predicted octanol–water partition coefficient (Wildman–Crippen LogP) is 4.98. The lowest BCUT2D eigenvalue weighted by atomic mass is 9.86. The molecule has 1 saturated carbocycles. The molecule has 1 atom stereocenters. The van der Waals surface area contributed by atoms with Crippen molar-refractivity contribution >= 4 is 44.7 Å². The van der Waals surface area contributed by atoms with E-state index in [0.29, 0.717) is 22.7 Å². The van der Waals surface area contributed by atoms with Crippen LogP contribution in [0.25, 0.3) is 0 Å². The fraction of sp³-hybridized carbons (Fsp3) is 0.700. The van der Waals surface area contributed by atoms with E-state index in [-0.39, 0.29) is 11.6 Å². The Bertz CT molecular complexity index is 940. The number of thiophene rings is 1. The molecule has 0 radical (unpaired) electrons. The molecule has 3 rings (SSSR count). The van der Waals surface area contributed by atoms with Gasteiger partial charge in [0.15, 0.2) is 9.84 Å². The van der Waals surface area contributed by atoms with Crippen molar-refractivity contribution in [2.75, 3.05) is 5.75 Å². The van der Waals surface area contributed by atoms with Crippen LogP contribution < -0.4 is 5.32 Å². The van der Waals surface area contributed by atoms with Gasteiger partial charge in [-0.2, -0.15) is 0 Å². The van der Waals surface area contributed by atoms with E-state index in [1.54, 1.807) is 27.7 Å². The van der Waals surface area contributed by atoms with Crippen LogP contribution in [0, 0.1) is 6.92 Å². The summed E-state index contributed by atoms with van der Waals surface area (Å²) in [6.07, 6.45) is 2.76. The smallest absolute Gasteiger partial charge is 0.413 e. The minimum absolute atomic E-state index is 0.126. The number of hydrogen-bond donors (Lipinski definition) is 1. The maximum absolute atomic E-state index is 13.6. The molecule has 1 aromatic rings. The summed E-state index contributed by atoms with van der Waals surface area (Å²) in [6, 6.07) is 1.82. The summed E-state index contributed by atoms with van der Waals surface area (Å²) in [7, 11) is -3.60. The normalized spacial score (nSPS) is 26.1. The van der Waals surface area contributed by atoms with Crippen LogP contribution in [0.1, 0.15) is 69.6 Å². The van der Waals surface area contributed by atoms with E-state index in [9.17, 15) is 13.2 Å². The van der Waals surface area contributed by atoms with Crippen LogP contribution in [0.5, 0.6) is 0 Å². The number of aliphatic imine (C=N–C) groups is 1. The molecule has 9 heteroatoms. The molecule has 0 saturated heterocycles. The first-order chi connectivity index (χ1) is 13.3. The number of alkyl carbamates (subject to hydrolysis) is 1. The zero-order valence-corrected chi connectivity index (χ0v) is 20.0. The number of ether oxygens (including phenoxy) is 1. The van der Waals surface area contributed by atoms with Gasteiger partial charge in [0, 0.05) is 4.88 Å². The lowest BCUT2D eigenvalue weighted by molar-refractivity contribution is 0.0560. The molecule has 29 heavy (non-hydrogen) atoms. The molecule has 1 N–H and O–H groups in total. The Kier molecular flexibility index (Phi) is 5.86. The molecule has 1 aliphatic heterocycles. The van der Waals surface area contributed by atoms with E-state index in [0.717, 1.165) is 24.1 Å². The second-order valence-corrected chi connectivity index (χ2v) is 13.2. The van der Waals surface area contributed by atoms with E-state index < -0.39 is 31.8 Å². The fourth-order valence-corrected chi connectivity index (χ4v) is 8.37. The van der Waals surface area contributed by atoms with Crippen LogP contribution in [-0.2, 0) is 20.1 Å². The quantitative estimate of drug-likeness (QED) is 0.640. The van der Waals surface area contributed by atoms with Crippen LogP contribution in [0.3, 0.4) is 0 Å².